The minimum atomic E-state index is -1.12. The maximum Gasteiger partial charge on any atom is 0.128 e. The van der Waals surface area contributed by atoms with Crippen molar-refractivity contribution in [1.29, 1.82) is 5.26 Å². The molecule has 22 heavy (non-hydrogen) atoms. The van der Waals surface area contributed by atoms with Gasteiger partial charge in [0.15, 0.2) is 0 Å². The number of phenolic OH excluding ortho intramolecular Hbond substituents is 1. The highest BCUT2D eigenvalue weighted by molar-refractivity contribution is 5.56. The van der Waals surface area contributed by atoms with Crippen molar-refractivity contribution in [3.05, 3.63) is 35.7 Å². The van der Waals surface area contributed by atoms with Gasteiger partial charge in [-0.15, -0.1) is 0 Å². The Kier molecular flexibility index (Phi) is 4.82. The maximum atomic E-state index is 14.3. The molecule has 1 aliphatic rings. The first-order valence-electron chi connectivity index (χ1n) is 7.27. The third-order valence-corrected chi connectivity index (χ3v) is 4.47. The van der Waals surface area contributed by atoms with Gasteiger partial charge in [-0.1, -0.05) is 19.6 Å². The van der Waals surface area contributed by atoms with Crippen LogP contribution in [0.25, 0.3) is 6.08 Å². The molecule has 1 heterocycles. The third-order valence-electron chi connectivity index (χ3n) is 4.47. The Labute approximate surface area is 129 Å². The highest BCUT2D eigenvalue weighted by Gasteiger charge is 2.39. The lowest BCUT2D eigenvalue weighted by Crippen LogP contribution is -2.47. The van der Waals surface area contributed by atoms with Crippen LogP contribution in [0.5, 0.6) is 5.75 Å². The molecule has 1 saturated heterocycles. The number of nitrogens with zero attached hydrogens (tertiary/aromatic N) is 2. The van der Waals surface area contributed by atoms with Crippen LogP contribution in [0.3, 0.4) is 0 Å². The molecular weight excluding hydrogens is 286 g/mol. The van der Waals surface area contributed by atoms with Gasteiger partial charge in [0, 0.05) is 36.1 Å². The van der Waals surface area contributed by atoms with Crippen LogP contribution < -0.4 is 0 Å². The van der Waals surface area contributed by atoms with Gasteiger partial charge >= 0.3 is 0 Å². The molecule has 2 unspecified atom stereocenters. The normalized spacial score (nSPS) is 25.6. The summed E-state index contributed by atoms with van der Waals surface area (Å²) in [5.74, 6) is -0.469. The molecule has 1 N–H and O–H groups in total. The first-order valence-corrected chi connectivity index (χ1v) is 7.27. The summed E-state index contributed by atoms with van der Waals surface area (Å²) < 4.78 is 28.3. The van der Waals surface area contributed by atoms with Gasteiger partial charge in [0.1, 0.15) is 17.7 Å². The van der Waals surface area contributed by atoms with Gasteiger partial charge in [0.2, 0.25) is 0 Å². The maximum absolute atomic E-state index is 14.3. The number of likely N-dealkylation sites (tertiary alicyclic amines) is 1. The standard InChI is InChI=1S/C17H20F2N2O/c1-3-12-8-14(18)13(9-15(12)22)10-21-7-5-17(2,4-6-20)16(19)11-21/h3,8-9,16,22H,1,4-5,7,10-11H2,2H3. The van der Waals surface area contributed by atoms with Gasteiger partial charge in [-0.25, -0.2) is 8.78 Å². The number of alkyl halides is 1. The van der Waals surface area contributed by atoms with Crippen molar-refractivity contribution in [2.45, 2.75) is 32.5 Å². The number of hydrogen-bond acceptors (Lipinski definition) is 3. The molecule has 118 valence electrons. The Morgan fingerprint density at radius 1 is 1.59 bits per heavy atom. The number of benzene rings is 1. The van der Waals surface area contributed by atoms with E-state index < -0.39 is 17.4 Å². The van der Waals surface area contributed by atoms with E-state index in [0.717, 1.165) is 0 Å². The lowest BCUT2D eigenvalue weighted by molar-refractivity contribution is 0.0182. The molecule has 0 amide bonds. The molecule has 1 aromatic rings. The molecule has 0 bridgehead atoms. The largest absolute Gasteiger partial charge is 0.507 e. The van der Waals surface area contributed by atoms with Gasteiger partial charge in [-0.3, -0.25) is 4.90 Å². The molecular formula is C17H20F2N2O. The number of nitriles is 1. The van der Waals surface area contributed by atoms with Crippen molar-refractivity contribution in [2.75, 3.05) is 13.1 Å². The second kappa shape index (κ2) is 6.45. The predicted molar refractivity (Wildman–Crippen MR) is 81.3 cm³/mol. The average molecular weight is 306 g/mol. The Bertz CT molecular complexity index is 611. The van der Waals surface area contributed by atoms with E-state index in [1.54, 1.807) is 6.92 Å². The van der Waals surface area contributed by atoms with E-state index >= 15 is 0 Å². The SMILES string of the molecule is C=Cc1cc(F)c(CN2CCC(C)(CC#N)C(F)C2)cc1O. The first-order chi connectivity index (χ1) is 10.4. The summed E-state index contributed by atoms with van der Waals surface area (Å²) in [6.07, 6.45) is 1.00. The van der Waals surface area contributed by atoms with Crippen LogP contribution in [0.15, 0.2) is 18.7 Å². The summed E-state index contributed by atoms with van der Waals surface area (Å²) >= 11 is 0. The molecule has 3 nitrogen and oxygen atoms in total. The summed E-state index contributed by atoms with van der Waals surface area (Å²) in [6.45, 7) is 6.29. The molecule has 2 rings (SSSR count). The van der Waals surface area contributed by atoms with Crippen molar-refractivity contribution in [3.63, 3.8) is 0 Å². The molecule has 1 aromatic carbocycles. The molecule has 0 spiro atoms. The van der Waals surface area contributed by atoms with E-state index in [2.05, 4.69) is 6.58 Å². The number of halogens is 2. The van der Waals surface area contributed by atoms with E-state index in [1.807, 2.05) is 11.0 Å². The molecule has 0 radical (unpaired) electrons. The summed E-state index contributed by atoms with van der Waals surface area (Å²) in [5, 5.41) is 18.6. The van der Waals surface area contributed by atoms with E-state index in [4.69, 9.17) is 5.26 Å². The lowest BCUT2D eigenvalue weighted by Gasteiger charge is -2.41. The van der Waals surface area contributed by atoms with Crippen molar-refractivity contribution >= 4 is 6.08 Å². The zero-order valence-corrected chi connectivity index (χ0v) is 12.6. The van der Waals surface area contributed by atoms with E-state index in [9.17, 15) is 13.9 Å². The summed E-state index contributed by atoms with van der Waals surface area (Å²) in [7, 11) is 0. The minimum Gasteiger partial charge on any atom is -0.507 e. The zero-order chi connectivity index (χ0) is 16.3. The number of hydrogen-bond donors (Lipinski definition) is 1. The van der Waals surface area contributed by atoms with Crippen molar-refractivity contribution in [2.24, 2.45) is 5.41 Å². The first kappa shape index (κ1) is 16.4. The summed E-state index contributed by atoms with van der Waals surface area (Å²) in [6, 6.07) is 4.64. The molecule has 0 aromatic heterocycles. The van der Waals surface area contributed by atoms with E-state index in [1.165, 1.54) is 18.2 Å². The lowest BCUT2D eigenvalue weighted by atomic mass is 9.76. The van der Waals surface area contributed by atoms with Gasteiger partial charge in [-0.2, -0.15) is 5.26 Å². The monoisotopic (exact) mass is 306 g/mol. The fraction of sp³-hybridized carbons (Fsp3) is 0.471. The van der Waals surface area contributed by atoms with Gasteiger partial charge in [0.05, 0.1) is 6.07 Å². The Balaban J connectivity index is 2.09. The highest BCUT2D eigenvalue weighted by atomic mass is 19.1. The highest BCUT2D eigenvalue weighted by Crippen LogP contribution is 2.37. The average Bonchev–Trinajstić information content (AvgIpc) is 2.47. The summed E-state index contributed by atoms with van der Waals surface area (Å²) in [4.78, 5) is 1.81. The minimum absolute atomic E-state index is 0.0328. The Morgan fingerprint density at radius 3 is 2.91 bits per heavy atom. The van der Waals surface area contributed by atoms with Crippen LogP contribution in [-0.4, -0.2) is 29.3 Å². The summed E-state index contributed by atoms with van der Waals surface area (Å²) in [5.41, 5.74) is 0.0441. The van der Waals surface area contributed by atoms with Crippen LogP contribution in [0, 0.1) is 22.6 Å². The molecule has 0 saturated carbocycles. The second-order valence-corrected chi connectivity index (χ2v) is 6.15. The quantitative estimate of drug-likeness (QED) is 0.924. The molecule has 2 atom stereocenters. The fourth-order valence-electron chi connectivity index (χ4n) is 2.78. The van der Waals surface area contributed by atoms with Crippen molar-refractivity contribution < 1.29 is 13.9 Å². The van der Waals surface area contributed by atoms with Crippen LogP contribution >= 0.6 is 0 Å². The Morgan fingerprint density at radius 2 is 2.32 bits per heavy atom. The van der Waals surface area contributed by atoms with Crippen LogP contribution in [-0.2, 0) is 6.54 Å². The van der Waals surface area contributed by atoms with Gasteiger partial charge in [0.25, 0.3) is 0 Å². The number of phenols is 1. The van der Waals surface area contributed by atoms with Crippen molar-refractivity contribution in [1.82, 2.24) is 4.90 Å². The van der Waals surface area contributed by atoms with E-state index in [-0.39, 0.29) is 25.3 Å². The Hall–Kier alpha value is -1.93. The fourth-order valence-corrected chi connectivity index (χ4v) is 2.78. The molecule has 5 heteroatoms. The smallest absolute Gasteiger partial charge is 0.128 e. The van der Waals surface area contributed by atoms with Crippen molar-refractivity contribution in [3.8, 4) is 11.8 Å². The molecule has 0 aliphatic carbocycles. The number of aromatic hydroxyl groups is 1. The van der Waals surface area contributed by atoms with Crippen LogP contribution in [0.2, 0.25) is 0 Å². The molecule has 1 aliphatic heterocycles. The molecule has 1 fully saturated rings. The number of piperidine rings is 1. The van der Waals surface area contributed by atoms with Gasteiger partial charge in [-0.05, 0) is 25.1 Å². The van der Waals surface area contributed by atoms with Crippen LogP contribution in [0.4, 0.5) is 8.78 Å². The topological polar surface area (TPSA) is 47.3 Å². The predicted octanol–water partition coefficient (Wildman–Crippen LogP) is 3.64. The van der Waals surface area contributed by atoms with E-state index in [0.29, 0.717) is 24.1 Å². The third kappa shape index (κ3) is 3.28. The zero-order valence-electron chi connectivity index (χ0n) is 12.6. The van der Waals surface area contributed by atoms with Crippen LogP contribution in [0.1, 0.15) is 30.9 Å². The van der Waals surface area contributed by atoms with Gasteiger partial charge < -0.3 is 5.11 Å². The number of rotatable bonds is 4. The second-order valence-electron chi connectivity index (χ2n) is 6.15.